The fourth-order valence-corrected chi connectivity index (χ4v) is 3.76. The van der Waals surface area contributed by atoms with Crippen LogP contribution in [0.25, 0.3) is 0 Å². The Kier molecular flexibility index (Phi) is 16.1. The van der Waals surface area contributed by atoms with E-state index in [1.807, 2.05) is 6.92 Å². The minimum atomic E-state index is -3.67. The fourth-order valence-electron chi connectivity index (χ4n) is 3.59. The van der Waals surface area contributed by atoms with Crippen LogP contribution in [-0.4, -0.2) is 62.0 Å². The minimum Gasteiger partial charge on any atom is -0.461 e. The number of ether oxygens (including phenoxy) is 1. The van der Waals surface area contributed by atoms with Crippen LogP contribution in [-0.2, 0) is 19.6 Å². The zero-order valence-corrected chi connectivity index (χ0v) is 21.3. The summed E-state index contributed by atoms with van der Waals surface area (Å²) in [5.41, 5.74) is 0. The first-order valence-electron chi connectivity index (χ1n) is 10.7. The zero-order valence-electron chi connectivity index (χ0n) is 18.3. The first kappa shape index (κ1) is 28.6. The Labute approximate surface area is 191 Å². The van der Waals surface area contributed by atoms with Gasteiger partial charge in [-0.2, -0.15) is 8.42 Å². The second-order valence-electron chi connectivity index (χ2n) is 7.85. The van der Waals surface area contributed by atoms with Gasteiger partial charge in [-0.1, -0.05) is 51.9 Å². The van der Waals surface area contributed by atoms with E-state index in [0.717, 1.165) is 30.5 Å². The molecule has 0 radical (unpaired) electrons. The molecule has 1 saturated heterocycles. The van der Waals surface area contributed by atoms with Crippen molar-refractivity contribution in [3.8, 4) is 9.85 Å². The van der Waals surface area contributed by atoms with Gasteiger partial charge in [0.15, 0.2) is 6.04 Å². The first-order valence-corrected chi connectivity index (χ1v) is 13.6. The number of halogens is 1. The molecule has 8 heteroatoms. The van der Waals surface area contributed by atoms with Gasteiger partial charge in [0, 0.05) is 35.4 Å². The van der Waals surface area contributed by atoms with E-state index in [1.54, 1.807) is 0 Å². The van der Waals surface area contributed by atoms with E-state index < -0.39 is 10.1 Å². The highest BCUT2D eigenvalue weighted by Gasteiger charge is 2.41. The Hall–Kier alpha value is -0.370. The Bertz CT molecular complexity index is 598. The second kappa shape index (κ2) is 16.3. The van der Waals surface area contributed by atoms with Crippen LogP contribution in [0.4, 0.5) is 0 Å². The number of quaternary nitrogens is 1. The number of nitrogens with zero attached hydrogens (tertiary/aromatic N) is 1. The second-order valence-corrected chi connectivity index (χ2v) is 9.86. The first-order chi connectivity index (χ1) is 13.7. The predicted molar refractivity (Wildman–Crippen MR) is 126 cm³/mol. The smallest absolute Gasteiger partial charge is 0.364 e. The molecule has 0 spiro atoms. The van der Waals surface area contributed by atoms with Crippen molar-refractivity contribution in [2.45, 2.75) is 84.1 Å². The third-order valence-electron chi connectivity index (χ3n) is 5.32. The molecule has 1 rings (SSSR count). The van der Waals surface area contributed by atoms with Crippen LogP contribution >= 0.6 is 22.6 Å². The number of rotatable bonds is 12. The molecule has 0 bridgehead atoms. The third kappa shape index (κ3) is 15.1. The Morgan fingerprint density at radius 3 is 2.07 bits per heavy atom. The summed E-state index contributed by atoms with van der Waals surface area (Å²) in [5.74, 6) is 3.14. The van der Waals surface area contributed by atoms with Crippen LogP contribution in [0.1, 0.15) is 78.1 Å². The molecule has 170 valence electrons. The van der Waals surface area contributed by atoms with Crippen molar-refractivity contribution in [3.63, 3.8) is 0 Å². The molecule has 1 unspecified atom stereocenters. The van der Waals surface area contributed by atoms with Crippen molar-refractivity contribution >= 4 is 38.7 Å². The Morgan fingerprint density at radius 1 is 1.10 bits per heavy atom. The molecule has 1 heterocycles. The molecule has 1 aliphatic rings. The molecule has 29 heavy (non-hydrogen) atoms. The van der Waals surface area contributed by atoms with Gasteiger partial charge >= 0.3 is 5.97 Å². The molecule has 1 aliphatic heterocycles. The Morgan fingerprint density at radius 2 is 1.59 bits per heavy atom. The molecule has 0 saturated carbocycles. The molecule has 0 aliphatic carbocycles. The van der Waals surface area contributed by atoms with Crippen molar-refractivity contribution in [1.82, 2.24) is 0 Å². The molecule has 1 fully saturated rings. The van der Waals surface area contributed by atoms with Gasteiger partial charge in [0.1, 0.15) is 6.54 Å². The molecule has 6 nitrogen and oxygen atoms in total. The average Bonchev–Trinajstić information content (AvgIpc) is 3.13. The van der Waals surface area contributed by atoms with E-state index >= 15 is 0 Å². The minimum absolute atomic E-state index is 0.0323. The van der Waals surface area contributed by atoms with Crippen molar-refractivity contribution in [1.29, 1.82) is 0 Å². The topological polar surface area (TPSA) is 80.7 Å². The van der Waals surface area contributed by atoms with Crippen LogP contribution in [0.2, 0.25) is 0 Å². The van der Waals surface area contributed by atoms with Crippen LogP contribution < -0.4 is 0 Å². The SMILES string of the molecule is CCCCCCCCCCOC(=O)C(C)[N+]1(CC#CI)CCCC1.CS(=O)(=O)O. The predicted octanol–water partition coefficient (Wildman–Crippen LogP) is 4.57. The van der Waals surface area contributed by atoms with Gasteiger partial charge in [-0.15, -0.1) is 0 Å². The van der Waals surface area contributed by atoms with Gasteiger partial charge < -0.3 is 9.22 Å². The van der Waals surface area contributed by atoms with Crippen LogP contribution in [0.15, 0.2) is 0 Å². The maximum atomic E-state index is 12.4. The summed E-state index contributed by atoms with van der Waals surface area (Å²) in [7, 11) is -3.67. The van der Waals surface area contributed by atoms with Crippen LogP contribution in [0, 0.1) is 9.85 Å². The number of likely N-dealkylation sites (tertiary alicyclic amines) is 1. The quantitative estimate of drug-likeness (QED) is 0.0973. The van der Waals surface area contributed by atoms with E-state index in [0.29, 0.717) is 12.9 Å². The summed E-state index contributed by atoms with van der Waals surface area (Å²) >= 11 is 2.08. The monoisotopic (exact) mass is 544 g/mol. The number of carbonyl (C=O) groups excluding carboxylic acids is 1. The molecule has 1 N–H and O–H groups in total. The van der Waals surface area contributed by atoms with Crippen molar-refractivity contribution in [2.75, 3.05) is 32.5 Å². The van der Waals surface area contributed by atoms with Gasteiger partial charge in [0.05, 0.1) is 26.0 Å². The highest BCUT2D eigenvalue weighted by Crippen LogP contribution is 2.24. The molecule has 0 aromatic heterocycles. The lowest BCUT2D eigenvalue weighted by atomic mass is 10.1. The van der Waals surface area contributed by atoms with Crippen molar-refractivity contribution < 1.29 is 27.0 Å². The van der Waals surface area contributed by atoms with Gasteiger partial charge in [-0.05, 0) is 23.2 Å². The van der Waals surface area contributed by atoms with Gasteiger partial charge in [-0.25, -0.2) is 4.79 Å². The maximum absolute atomic E-state index is 12.4. The molecular weight excluding hydrogens is 505 g/mol. The van der Waals surface area contributed by atoms with E-state index in [9.17, 15) is 13.2 Å². The molecular formula is C21H39INO5S+. The molecule has 0 aromatic rings. The molecule has 1 atom stereocenters. The summed E-state index contributed by atoms with van der Waals surface area (Å²) in [6.07, 6.45) is 13.2. The number of carbonyl (C=O) groups is 1. The maximum Gasteiger partial charge on any atom is 0.364 e. The van der Waals surface area contributed by atoms with E-state index in [-0.39, 0.29) is 12.0 Å². The molecule has 0 aromatic carbocycles. The standard InChI is InChI=1S/C20H35INO2.CH4O3S/c1-3-4-5-6-7-8-9-12-18-24-20(23)19(2)22(17-13-14-21)15-10-11-16-22;1-5(2,3)4/h19H,3-12,15-18H2,1-2H3;1H3,(H,2,3,4)/q+1;. The summed E-state index contributed by atoms with van der Waals surface area (Å²) < 4.78 is 35.2. The third-order valence-corrected chi connectivity index (χ3v) is 5.70. The number of hydrogen-bond acceptors (Lipinski definition) is 4. The molecule has 0 amide bonds. The van der Waals surface area contributed by atoms with E-state index in [4.69, 9.17) is 9.29 Å². The van der Waals surface area contributed by atoms with Crippen molar-refractivity contribution in [2.24, 2.45) is 0 Å². The lowest BCUT2D eigenvalue weighted by molar-refractivity contribution is -0.924. The summed E-state index contributed by atoms with van der Waals surface area (Å²) in [6, 6.07) is -0.0845. The van der Waals surface area contributed by atoms with E-state index in [1.165, 1.54) is 57.8 Å². The summed E-state index contributed by atoms with van der Waals surface area (Å²) in [4.78, 5) is 12.4. The Balaban J connectivity index is 0.00000139. The number of esters is 1. The van der Waals surface area contributed by atoms with Crippen molar-refractivity contribution in [3.05, 3.63) is 0 Å². The summed E-state index contributed by atoms with van der Waals surface area (Å²) in [5, 5.41) is 0. The lowest BCUT2D eigenvalue weighted by Gasteiger charge is -2.36. The highest BCUT2D eigenvalue weighted by atomic mass is 127. The number of hydrogen-bond donors (Lipinski definition) is 1. The van der Waals surface area contributed by atoms with Crippen LogP contribution in [0.3, 0.4) is 0 Å². The summed E-state index contributed by atoms with van der Waals surface area (Å²) in [6.45, 7) is 7.74. The fraction of sp³-hybridized carbons (Fsp3) is 0.857. The lowest BCUT2D eigenvalue weighted by Crippen LogP contribution is -2.56. The average molecular weight is 545 g/mol. The van der Waals surface area contributed by atoms with Gasteiger partial charge in [0.25, 0.3) is 10.1 Å². The highest BCUT2D eigenvalue weighted by molar-refractivity contribution is 14.1. The van der Waals surface area contributed by atoms with Gasteiger partial charge in [0.2, 0.25) is 0 Å². The van der Waals surface area contributed by atoms with Gasteiger partial charge in [-0.3, -0.25) is 4.55 Å². The van der Waals surface area contributed by atoms with Crippen LogP contribution in [0.5, 0.6) is 0 Å². The largest absolute Gasteiger partial charge is 0.461 e. The normalized spacial score (nSPS) is 16.2. The number of unbranched alkanes of at least 4 members (excludes halogenated alkanes) is 7. The van der Waals surface area contributed by atoms with E-state index in [2.05, 4.69) is 39.4 Å². The zero-order chi connectivity index (χ0) is 22.2.